The summed E-state index contributed by atoms with van der Waals surface area (Å²) < 4.78 is 44.0. The molecule has 1 aliphatic rings. The zero-order valence-corrected chi connectivity index (χ0v) is 11.9. The van der Waals surface area contributed by atoms with Gasteiger partial charge in [-0.2, -0.15) is 13.2 Å². The highest BCUT2D eigenvalue weighted by molar-refractivity contribution is 5.35. The fraction of sp³-hybridized carbons (Fsp3) is 0.625. The highest BCUT2D eigenvalue weighted by atomic mass is 19.4. The van der Waals surface area contributed by atoms with Crippen molar-refractivity contribution in [2.75, 3.05) is 13.2 Å². The van der Waals surface area contributed by atoms with E-state index in [1.165, 1.54) is 24.6 Å². The number of hydrogen-bond acceptors (Lipinski definition) is 2. The molecule has 1 unspecified atom stereocenters. The van der Waals surface area contributed by atoms with E-state index in [-0.39, 0.29) is 24.9 Å². The molecule has 1 N–H and O–H groups in total. The molecule has 21 heavy (non-hydrogen) atoms. The maximum Gasteiger partial charge on any atom is 0.419 e. The van der Waals surface area contributed by atoms with Crippen molar-refractivity contribution >= 4 is 0 Å². The molecule has 118 valence electrons. The maximum atomic E-state index is 12.9. The third kappa shape index (κ3) is 4.37. The van der Waals surface area contributed by atoms with Crippen LogP contribution in [0.3, 0.4) is 0 Å². The van der Waals surface area contributed by atoms with E-state index in [2.05, 4.69) is 0 Å². The summed E-state index contributed by atoms with van der Waals surface area (Å²) in [6.45, 7) is 0.0904. The van der Waals surface area contributed by atoms with Gasteiger partial charge in [0.15, 0.2) is 0 Å². The van der Waals surface area contributed by atoms with Crippen LogP contribution in [0.1, 0.15) is 37.7 Å². The van der Waals surface area contributed by atoms with Crippen LogP contribution in [0.4, 0.5) is 13.2 Å². The van der Waals surface area contributed by atoms with Crippen molar-refractivity contribution in [1.29, 1.82) is 0 Å². The Morgan fingerprint density at radius 2 is 1.81 bits per heavy atom. The Bertz CT molecular complexity index is 439. The predicted molar refractivity (Wildman–Crippen MR) is 74.1 cm³/mol. The zero-order valence-electron chi connectivity index (χ0n) is 11.9. The van der Waals surface area contributed by atoms with E-state index in [4.69, 9.17) is 4.74 Å². The van der Waals surface area contributed by atoms with Crippen molar-refractivity contribution in [2.45, 2.75) is 38.3 Å². The topological polar surface area (TPSA) is 29.5 Å². The van der Waals surface area contributed by atoms with E-state index in [0.717, 1.165) is 31.7 Å². The first-order valence-corrected chi connectivity index (χ1v) is 7.42. The molecule has 1 aromatic carbocycles. The Morgan fingerprint density at radius 3 is 2.43 bits per heavy atom. The summed E-state index contributed by atoms with van der Waals surface area (Å²) in [5.41, 5.74) is -0.759. The fourth-order valence-corrected chi connectivity index (χ4v) is 2.97. The summed E-state index contributed by atoms with van der Waals surface area (Å²) in [4.78, 5) is 0. The lowest BCUT2D eigenvalue weighted by Gasteiger charge is -2.29. The lowest BCUT2D eigenvalue weighted by Crippen LogP contribution is -2.27. The number of alkyl halides is 3. The Kier molecular flexibility index (Phi) is 5.51. The SMILES string of the molecule is OCC(COc1ccccc1C(F)(F)F)C1CCCCC1. The number of para-hydroxylation sites is 1. The second-order valence-corrected chi connectivity index (χ2v) is 5.65. The summed E-state index contributed by atoms with van der Waals surface area (Å²) in [5, 5.41) is 9.48. The van der Waals surface area contributed by atoms with Crippen molar-refractivity contribution in [1.82, 2.24) is 0 Å². The maximum absolute atomic E-state index is 12.9. The molecule has 2 nitrogen and oxygen atoms in total. The van der Waals surface area contributed by atoms with Gasteiger partial charge in [0.05, 0.1) is 12.2 Å². The number of ether oxygens (including phenoxy) is 1. The third-order valence-corrected chi connectivity index (χ3v) is 4.20. The minimum Gasteiger partial charge on any atom is -0.493 e. The van der Waals surface area contributed by atoms with Gasteiger partial charge in [0.1, 0.15) is 5.75 Å². The molecule has 0 spiro atoms. The summed E-state index contributed by atoms with van der Waals surface area (Å²) in [6.07, 6.45) is 1.08. The van der Waals surface area contributed by atoms with Crippen LogP contribution in [0.2, 0.25) is 0 Å². The third-order valence-electron chi connectivity index (χ3n) is 4.20. The Morgan fingerprint density at radius 1 is 1.14 bits per heavy atom. The molecule has 2 rings (SSSR count). The van der Waals surface area contributed by atoms with E-state index in [0.29, 0.717) is 5.92 Å². The first kappa shape index (κ1) is 16.1. The molecule has 0 bridgehead atoms. The van der Waals surface area contributed by atoms with Gasteiger partial charge in [0, 0.05) is 12.5 Å². The molecule has 1 aromatic rings. The van der Waals surface area contributed by atoms with Crippen molar-refractivity contribution in [3.05, 3.63) is 29.8 Å². The molecule has 1 fully saturated rings. The van der Waals surface area contributed by atoms with Gasteiger partial charge in [0.2, 0.25) is 0 Å². The Balaban J connectivity index is 2.01. The minimum absolute atomic E-state index is 0.0428. The van der Waals surface area contributed by atoms with Crippen LogP contribution < -0.4 is 4.74 Å². The van der Waals surface area contributed by atoms with Gasteiger partial charge in [-0.3, -0.25) is 0 Å². The quantitative estimate of drug-likeness (QED) is 0.880. The predicted octanol–water partition coefficient (Wildman–Crippen LogP) is 4.27. The van der Waals surface area contributed by atoms with Crippen LogP contribution in [0.5, 0.6) is 5.75 Å². The summed E-state index contributed by atoms with van der Waals surface area (Å²) >= 11 is 0. The number of hydrogen-bond donors (Lipinski definition) is 1. The van der Waals surface area contributed by atoms with E-state index in [1.54, 1.807) is 0 Å². The number of aliphatic hydroxyl groups excluding tert-OH is 1. The lowest BCUT2D eigenvalue weighted by atomic mass is 9.81. The van der Waals surface area contributed by atoms with Gasteiger partial charge in [-0.25, -0.2) is 0 Å². The smallest absolute Gasteiger partial charge is 0.419 e. The van der Waals surface area contributed by atoms with Crippen LogP contribution in [0, 0.1) is 11.8 Å². The molecule has 0 amide bonds. The molecule has 1 aliphatic carbocycles. The minimum atomic E-state index is -4.42. The van der Waals surface area contributed by atoms with Crippen LogP contribution in [-0.2, 0) is 6.18 Å². The monoisotopic (exact) mass is 302 g/mol. The first-order chi connectivity index (χ1) is 10.0. The van der Waals surface area contributed by atoms with Crippen molar-refractivity contribution in [3.63, 3.8) is 0 Å². The van der Waals surface area contributed by atoms with Gasteiger partial charge in [-0.05, 0) is 30.9 Å². The van der Waals surface area contributed by atoms with Gasteiger partial charge in [-0.15, -0.1) is 0 Å². The van der Waals surface area contributed by atoms with E-state index >= 15 is 0 Å². The van der Waals surface area contributed by atoms with Crippen molar-refractivity contribution in [3.8, 4) is 5.75 Å². The zero-order chi connectivity index (χ0) is 15.3. The molecule has 1 atom stereocenters. The van der Waals surface area contributed by atoms with Crippen molar-refractivity contribution in [2.24, 2.45) is 11.8 Å². The molecule has 0 heterocycles. The fourth-order valence-electron chi connectivity index (χ4n) is 2.97. The van der Waals surface area contributed by atoms with E-state index in [1.807, 2.05) is 0 Å². The highest BCUT2D eigenvalue weighted by Gasteiger charge is 2.34. The number of aliphatic hydroxyl groups is 1. The Hall–Kier alpha value is -1.23. The molecule has 0 radical (unpaired) electrons. The molecule has 5 heteroatoms. The van der Waals surface area contributed by atoms with Crippen LogP contribution in [0.25, 0.3) is 0 Å². The molecule has 0 aromatic heterocycles. The number of benzene rings is 1. The van der Waals surface area contributed by atoms with E-state index in [9.17, 15) is 18.3 Å². The Labute approximate surface area is 122 Å². The largest absolute Gasteiger partial charge is 0.493 e. The molecule has 0 saturated heterocycles. The number of halogens is 3. The van der Waals surface area contributed by atoms with Crippen LogP contribution >= 0.6 is 0 Å². The van der Waals surface area contributed by atoms with Gasteiger partial charge in [-0.1, -0.05) is 31.4 Å². The lowest BCUT2D eigenvalue weighted by molar-refractivity contribution is -0.139. The molecule has 1 saturated carbocycles. The molecular formula is C16H21F3O2. The molecule has 0 aliphatic heterocycles. The second kappa shape index (κ2) is 7.16. The van der Waals surface area contributed by atoms with E-state index < -0.39 is 11.7 Å². The summed E-state index contributed by atoms with van der Waals surface area (Å²) in [7, 11) is 0. The second-order valence-electron chi connectivity index (χ2n) is 5.65. The molecular weight excluding hydrogens is 281 g/mol. The normalized spacial score (nSPS) is 18.5. The van der Waals surface area contributed by atoms with Gasteiger partial charge >= 0.3 is 6.18 Å². The summed E-state index contributed by atoms with van der Waals surface area (Å²) in [6, 6.07) is 5.22. The van der Waals surface area contributed by atoms with Crippen molar-refractivity contribution < 1.29 is 23.0 Å². The van der Waals surface area contributed by atoms with Gasteiger partial charge < -0.3 is 9.84 Å². The van der Waals surface area contributed by atoms with Crippen LogP contribution in [0.15, 0.2) is 24.3 Å². The average molecular weight is 302 g/mol. The average Bonchev–Trinajstić information content (AvgIpc) is 2.48. The highest BCUT2D eigenvalue weighted by Crippen LogP contribution is 2.37. The standard InChI is InChI=1S/C16H21F3O2/c17-16(18,19)14-8-4-5-9-15(14)21-11-13(10-20)12-6-2-1-3-7-12/h4-5,8-9,12-13,20H,1-3,6-7,10-11H2. The first-order valence-electron chi connectivity index (χ1n) is 7.42. The number of rotatable bonds is 5. The van der Waals surface area contributed by atoms with Crippen LogP contribution in [-0.4, -0.2) is 18.3 Å². The van der Waals surface area contributed by atoms with Gasteiger partial charge in [0.25, 0.3) is 0 Å². The summed E-state index contributed by atoms with van der Waals surface area (Å²) in [5.74, 6) is 0.104.